The Hall–Kier alpha value is -1.48. The van der Waals surface area contributed by atoms with Crippen LogP contribution in [0.3, 0.4) is 0 Å². The van der Waals surface area contributed by atoms with Crippen LogP contribution < -0.4 is 0 Å². The molecule has 0 unspecified atom stereocenters. The van der Waals surface area contributed by atoms with Crippen LogP contribution in [0.2, 0.25) is 0 Å². The first-order valence-electron chi connectivity index (χ1n) is 4.50. The van der Waals surface area contributed by atoms with Gasteiger partial charge in [-0.15, -0.1) is 0 Å². The van der Waals surface area contributed by atoms with Gasteiger partial charge in [-0.3, -0.25) is 9.59 Å². The van der Waals surface area contributed by atoms with Crippen molar-refractivity contribution in [2.75, 3.05) is 0 Å². The maximum Gasteiger partial charge on any atom is 0.235 e. The van der Waals surface area contributed by atoms with Crippen LogP contribution in [0.1, 0.15) is 20.7 Å². The number of benzene rings is 2. The molecule has 0 spiro atoms. The minimum absolute atomic E-state index is 0.400. The lowest BCUT2D eigenvalue weighted by molar-refractivity contribution is 0.0825. The second-order valence-electron chi connectivity index (χ2n) is 3.48. The lowest BCUT2D eigenvalue weighted by Crippen LogP contribution is -2.06. The fourth-order valence-corrected chi connectivity index (χ4v) is 2.51. The van der Waals surface area contributed by atoms with E-state index in [2.05, 4.69) is 15.9 Å². The highest BCUT2D eigenvalue weighted by Gasteiger charge is 2.32. The number of rotatable bonds is 0. The molecule has 0 aromatic heterocycles. The van der Waals surface area contributed by atoms with E-state index >= 15 is 0 Å². The molecule has 72 valence electrons. The summed E-state index contributed by atoms with van der Waals surface area (Å²) >= 11 is 3.31. The molecular weight excluding hydrogens is 256 g/mol. The van der Waals surface area contributed by atoms with E-state index in [0.717, 1.165) is 10.8 Å². The van der Waals surface area contributed by atoms with E-state index in [4.69, 9.17) is 0 Å². The highest BCUT2D eigenvalue weighted by molar-refractivity contribution is 9.10. The van der Waals surface area contributed by atoms with Crippen molar-refractivity contribution < 1.29 is 9.59 Å². The first-order chi connectivity index (χ1) is 7.20. The number of halogens is 1. The van der Waals surface area contributed by atoms with E-state index in [9.17, 15) is 9.59 Å². The molecule has 15 heavy (non-hydrogen) atoms. The van der Waals surface area contributed by atoms with Crippen LogP contribution in [0, 0.1) is 0 Å². The zero-order chi connectivity index (χ0) is 10.6. The van der Waals surface area contributed by atoms with Crippen molar-refractivity contribution in [1.82, 2.24) is 0 Å². The summed E-state index contributed by atoms with van der Waals surface area (Å²) in [6, 6.07) is 9.11. The quantitative estimate of drug-likeness (QED) is 0.683. The monoisotopic (exact) mass is 260 g/mol. The zero-order valence-corrected chi connectivity index (χ0v) is 9.17. The minimum atomic E-state index is -0.409. The summed E-state index contributed by atoms with van der Waals surface area (Å²) in [4.78, 5) is 23.4. The second-order valence-corrected chi connectivity index (χ2v) is 4.34. The third-order valence-corrected chi connectivity index (χ3v) is 3.33. The molecule has 0 radical (unpaired) electrons. The number of carbonyl (C=O) groups excluding carboxylic acids is 2. The van der Waals surface area contributed by atoms with Gasteiger partial charge in [-0.25, -0.2) is 0 Å². The summed E-state index contributed by atoms with van der Waals surface area (Å²) in [6.45, 7) is 0. The average Bonchev–Trinajstić information content (AvgIpc) is 2.50. The number of carbonyl (C=O) groups is 2. The molecule has 0 saturated carbocycles. The van der Waals surface area contributed by atoms with Gasteiger partial charge in [-0.2, -0.15) is 0 Å². The topological polar surface area (TPSA) is 34.1 Å². The molecule has 0 atom stereocenters. The Labute approximate surface area is 94.0 Å². The summed E-state index contributed by atoms with van der Waals surface area (Å²) < 4.78 is 0.693. The van der Waals surface area contributed by atoms with E-state index in [1.54, 1.807) is 18.2 Å². The molecule has 0 saturated heterocycles. The van der Waals surface area contributed by atoms with Gasteiger partial charge in [-0.05, 0) is 11.5 Å². The molecule has 3 heteroatoms. The molecule has 0 heterocycles. The Balaban J connectivity index is 2.63. The van der Waals surface area contributed by atoms with Gasteiger partial charge in [0.25, 0.3) is 0 Å². The first-order valence-corrected chi connectivity index (χ1v) is 5.29. The largest absolute Gasteiger partial charge is 0.285 e. The summed E-state index contributed by atoms with van der Waals surface area (Å²) in [6.07, 6.45) is 0. The molecule has 0 N–H and O–H groups in total. The van der Waals surface area contributed by atoms with Crippen molar-refractivity contribution in [2.24, 2.45) is 0 Å². The summed E-state index contributed by atoms with van der Waals surface area (Å²) in [5.41, 5.74) is 1.03. The third-order valence-electron chi connectivity index (χ3n) is 2.67. The molecule has 0 fully saturated rings. The Morgan fingerprint density at radius 2 is 1.73 bits per heavy atom. The van der Waals surface area contributed by atoms with Crippen LogP contribution in [0.4, 0.5) is 0 Å². The Morgan fingerprint density at radius 3 is 2.53 bits per heavy atom. The summed E-state index contributed by atoms with van der Waals surface area (Å²) in [5.74, 6) is -0.809. The Kier molecular flexibility index (Phi) is 1.62. The lowest BCUT2D eigenvalue weighted by Gasteiger charge is -2.00. The van der Waals surface area contributed by atoms with Crippen molar-refractivity contribution in [1.29, 1.82) is 0 Å². The summed E-state index contributed by atoms with van der Waals surface area (Å²) in [5, 5.41) is 1.71. The van der Waals surface area contributed by atoms with Crippen molar-refractivity contribution >= 4 is 38.3 Å². The fourth-order valence-electron chi connectivity index (χ4n) is 2.00. The standard InChI is InChI=1S/C12H5BrO2/c13-8-5-4-6-2-1-3-7-9(6)10(8)12(15)11(7)14/h1-5H. The smallest absolute Gasteiger partial charge is 0.235 e. The van der Waals surface area contributed by atoms with E-state index in [0.29, 0.717) is 15.6 Å². The molecule has 0 amide bonds. The Morgan fingerprint density at radius 1 is 0.933 bits per heavy atom. The van der Waals surface area contributed by atoms with Crippen molar-refractivity contribution in [3.8, 4) is 0 Å². The van der Waals surface area contributed by atoms with E-state index in [1.165, 1.54) is 0 Å². The van der Waals surface area contributed by atoms with Crippen LogP contribution >= 0.6 is 15.9 Å². The predicted molar refractivity (Wildman–Crippen MR) is 60.3 cm³/mol. The molecule has 3 rings (SSSR count). The third kappa shape index (κ3) is 0.984. The van der Waals surface area contributed by atoms with Gasteiger partial charge >= 0.3 is 0 Å². The minimum Gasteiger partial charge on any atom is -0.285 e. The summed E-state index contributed by atoms with van der Waals surface area (Å²) in [7, 11) is 0. The molecule has 1 aliphatic rings. The van der Waals surface area contributed by atoms with Gasteiger partial charge in [0.1, 0.15) is 0 Å². The van der Waals surface area contributed by atoms with Gasteiger partial charge in [0.15, 0.2) is 0 Å². The van der Waals surface area contributed by atoms with Gasteiger partial charge < -0.3 is 0 Å². The average molecular weight is 261 g/mol. The maximum atomic E-state index is 11.7. The lowest BCUT2D eigenvalue weighted by atomic mass is 10.1. The van der Waals surface area contributed by atoms with Gasteiger partial charge in [0, 0.05) is 21.0 Å². The Bertz CT molecular complexity index is 629. The van der Waals surface area contributed by atoms with Crippen LogP contribution in [-0.2, 0) is 0 Å². The molecule has 2 aromatic rings. The van der Waals surface area contributed by atoms with Crippen molar-refractivity contribution in [3.05, 3.63) is 45.9 Å². The predicted octanol–water partition coefficient (Wildman–Crippen LogP) is 2.98. The highest BCUT2D eigenvalue weighted by atomic mass is 79.9. The van der Waals surface area contributed by atoms with Crippen LogP contribution in [-0.4, -0.2) is 11.6 Å². The van der Waals surface area contributed by atoms with Crippen molar-refractivity contribution in [2.45, 2.75) is 0 Å². The van der Waals surface area contributed by atoms with Crippen LogP contribution in [0.5, 0.6) is 0 Å². The molecule has 2 aromatic carbocycles. The van der Waals surface area contributed by atoms with Crippen LogP contribution in [0.25, 0.3) is 10.8 Å². The highest BCUT2D eigenvalue weighted by Crippen LogP contribution is 2.35. The zero-order valence-electron chi connectivity index (χ0n) is 7.58. The van der Waals surface area contributed by atoms with E-state index < -0.39 is 11.6 Å². The van der Waals surface area contributed by atoms with Crippen molar-refractivity contribution in [3.63, 3.8) is 0 Å². The first kappa shape index (κ1) is 8.80. The van der Waals surface area contributed by atoms with E-state index in [1.807, 2.05) is 12.1 Å². The molecule has 1 aliphatic carbocycles. The SMILES string of the molecule is O=C1C(=O)c2c(Br)ccc3cccc1c23. The number of ketones is 2. The maximum absolute atomic E-state index is 11.7. The molecular formula is C12H5BrO2. The van der Waals surface area contributed by atoms with Gasteiger partial charge in [0.2, 0.25) is 11.6 Å². The molecule has 0 aliphatic heterocycles. The van der Waals surface area contributed by atoms with Gasteiger partial charge in [0.05, 0.1) is 0 Å². The number of hydrogen-bond acceptors (Lipinski definition) is 2. The molecule has 2 nitrogen and oxygen atoms in total. The van der Waals surface area contributed by atoms with Crippen LogP contribution in [0.15, 0.2) is 34.8 Å². The molecule has 0 bridgehead atoms. The second kappa shape index (κ2) is 2.76. The fraction of sp³-hybridized carbons (Fsp3) is 0. The van der Waals surface area contributed by atoms with E-state index in [-0.39, 0.29) is 0 Å². The normalized spacial score (nSPS) is 13.9. The number of hydrogen-bond donors (Lipinski definition) is 0. The number of Topliss-reactive ketones (excluding diaryl/α,β-unsaturated/α-hetero) is 2. The van der Waals surface area contributed by atoms with Gasteiger partial charge in [-0.1, -0.05) is 40.2 Å².